The van der Waals surface area contributed by atoms with Crippen molar-refractivity contribution in [2.24, 2.45) is 0 Å². The first kappa shape index (κ1) is 12.2. The first-order valence-electron chi connectivity index (χ1n) is 5.95. The summed E-state index contributed by atoms with van der Waals surface area (Å²) in [6.45, 7) is 0. The van der Waals surface area contributed by atoms with Crippen molar-refractivity contribution < 1.29 is 4.74 Å². The van der Waals surface area contributed by atoms with Crippen LogP contribution in [0.15, 0.2) is 52.2 Å². The first-order valence-corrected chi connectivity index (χ1v) is 5.95. The van der Waals surface area contributed by atoms with Gasteiger partial charge in [-0.3, -0.25) is 14.2 Å². The van der Waals surface area contributed by atoms with Gasteiger partial charge in [-0.2, -0.15) is 0 Å². The number of nitrogens with one attached hydrogen (secondary N) is 1. The molecule has 0 aliphatic rings. The van der Waals surface area contributed by atoms with Crippen LogP contribution < -0.4 is 15.9 Å². The van der Waals surface area contributed by atoms with E-state index in [-0.39, 0.29) is 0 Å². The standard InChI is InChI=1S/C14H11N3O3/c1-20-10-6-4-9(5-7-10)17-12-11(3-2-8-15-12)16-13(18)14(17)19/h2-8H,1H3,(H,16,18). The quantitative estimate of drug-likeness (QED) is 0.706. The fourth-order valence-corrected chi connectivity index (χ4v) is 2.02. The van der Waals surface area contributed by atoms with Crippen LogP contribution in [0.1, 0.15) is 0 Å². The van der Waals surface area contributed by atoms with Crippen LogP contribution in [0.2, 0.25) is 0 Å². The monoisotopic (exact) mass is 269 g/mol. The average Bonchev–Trinajstić information content (AvgIpc) is 2.49. The molecule has 0 saturated carbocycles. The van der Waals surface area contributed by atoms with E-state index in [1.54, 1.807) is 49.7 Å². The summed E-state index contributed by atoms with van der Waals surface area (Å²) >= 11 is 0. The molecule has 20 heavy (non-hydrogen) atoms. The summed E-state index contributed by atoms with van der Waals surface area (Å²) in [6, 6.07) is 10.2. The topological polar surface area (TPSA) is 77.0 Å². The lowest BCUT2D eigenvalue weighted by atomic mass is 10.3. The van der Waals surface area contributed by atoms with Crippen LogP contribution in [0.5, 0.6) is 5.75 Å². The fraction of sp³-hybridized carbons (Fsp3) is 0.0714. The maximum Gasteiger partial charge on any atom is 0.322 e. The number of pyridine rings is 1. The number of benzene rings is 1. The highest BCUT2D eigenvalue weighted by Gasteiger charge is 2.10. The summed E-state index contributed by atoms with van der Waals surface area (Å²) in [7, 11) is 1.56. The number of hydrogen-bond acceptors (Lipinski definition) is 4. The highest BCUT2D eigenvalue weighted by atomic mass is 16.5. The molecule has 2 heterocycles. The Morgan fingerprint density at radius 1 is 1.15 bits per heavy atom. The Hall–Kier alpha value is -2.89. The van der Waals surface area contributed by atoms with Gasteiger partial charge in [0, 0.05) is 6.20 Å². The van der Waals surface area contributed by atoms with Gasteiger partial charge >= 0.3 is 11.1 Å². The molecule has 2 aromatic heterocycles. The van der Waals surface area contributed by atoms with Crippen molar-refractivity contribution in [3.63, 3.8) is 0 Å². The molecule has 100 valence electrons. The Bertz CT molecular complexity index is 879. The Morgan fingerprint density at radius 2 is 1.90 bits per heavy atom. The molecule has 3 rings (SSSR count). The second kappa shape index (κ2) is 4.65. The normalized spacial score (nSPS) is 10.7. The number of aromatic nitrogens is 3. The van der Waals surface area contributed by atoms with E-state index >= 15 is 0 Å². The third-order valence-electron chi connectivity index (χ3n) is 2.97. The van der Waals surface area contributed by atoms with Crippen LogP contribution in [0, 0.1) is 0 Å². The molecule has 0 fully saturated rings. The van der Waals surface area contributed by atoms with Gasteiger partial charge in [-0.25, -0.2) is 4.98 Å². The smallest absolute Gasteiger partial charge is 0.322 e. The van der Waals surface area contributed by atoms with Gasteiger partial charge in [0.05, 0.1) is 18.3 Å². The number of nitrogens with zero attached hydrogens (tertiary/aromatic N) is 2. The Labute approximate surface area is 113 Å². The van der Waals surface area contributed by atoms with Gasteiger partial charge in [0.15, 0.2) is 5.65 Å². The zero-order chi connectivity index (χ0) is 14.1. The molecule has 0 saturated heterocycles. The van der Waals surface area contributed by atoms with Crippen LogP contribution in [-0.2, 0) is 0 Å². The Morgan fingerprint density at radius 3 is 2.60 bits per heavy atom. The van der Waals surface area contributed by atoms with E-state index in [1.165, 1.54) is 4.57 Å². The zero-order valence-electron chi connectivity index (χ0n) is 10.7. The van der Waals surface area contributed by atoms with Crippen molar-refractivity contribution in [3.05, 3.63) is 63.3 Å². The summed E-state index contributed by atoms with van der Waals surface area (Å²) in [5, 5.41) is 0. The van der Waals surface area contributed by atoms with Crippen LogP contribution in [-0.4, -0.2) is 21.6 Å². The van der Waals surface area contributed by atoms with Crippen molar-refractivity contribution >= 4 is 11.2 Å². The minimum Gasteiger partial charge on any atom is -0.497 e. The first-order chi connectivity index (χ1) is 9.70. The lowest BCUT2D eigenvalue weighted by Gasteiger charge is -2.09. The Kier molecular flexibility index (Phi) is 2.83. The van der Waals surface area contributed by atoms with Gasteiger partial charge in [0.25, 0.3) is 0 Å². The number of ether oxygens (including phenoxy) is 1. The second-order valence-electron chi connectivity index (χ2n) is 4.17. The lowest BCUT2D eigenvalue weighted by Crippen LogP contribution is -2.35. The second-order valence-corrected chi connectivity index (χ2v) is 4.17. The molecule has 0 bridgehead atoms. The molecule has 0 amide bonds. The minimum atomic E-state index is -0.679. The van der Waals surface area contributed by atoms with Gasteiger partial charge in [-0.15, -0.1) is 0 Å². The van der Waals surface area contributed by atoms with Crippen molar-refractivity contribution in [1.82, 2.24) is 14.5 Å². The van der Waals surface area contributed by atoms with Crippen LogP contribution in [0.3, 0.4) is 0 Å². The number of fused-ring (bicyclic) bond motifs is 1. The van der Waals surface area contributed by atoms with Crippen LogP contribution in [0.25, 0.3) is 16.9 Å². The zero-order valence-corrected chi connectivity index (χ0v) is 10.7. The third kappa shape index (κ3) is 1.87. The van der Waals surface area contributed by atoms with Crippen LogP contribution in [0.4, 0.5) is 0 Å². The molecular weight excluding hydrogens is 258 g/mol. The summed E-state index contributed by atoms with van der Waals surface area (Å²) in [5.74, 6) is 0.670. The van der Waals surface area contributed by atoms with Gasteiger partial charge in [-0.1, -0.05) is 0 Å². The van der Waals surface area contributed by atoms with Gasteiger partial charge in [-0.05, 0) is 36.4 Å². The largest absolute Gasteiger partial charge is 0.497 e. The highest BCUT2D eigenvalue weighted by molar-refractivity contribution is 5.71. The predicted molar refractivity (Wildman–Crippen MR) is 74.5 cm³/mol. The van der Waals surface area contributed by atoms with Gasteiger partial charge in [0.1, 0.15) is 5.75 Å². The fourth-order valence-electron chi connectivity index (χ4n) is 2.02. The van der Waals surface area contributed by atoms with Crippen molar-refractivity contribution in [3.8, 4) is 11.4 Å². The lowest BCUT2D eigenvalue weighted by molar-refractivity contribution is 0.414. The van der Waals surface area contributed by atoms with Gasteiger partial charge < -0.3 is 9.72 Å². The maximum absolute atomic E-state index is 12.1. The number of aromatic amines is 1. The third-order valence-corrected chi connectivity index (χ3v) is 2.97. The molecule has 1 aromatic carbocycles. The SMILES string of the molecule is COc1ccc(-n2c(=O)c(=O)[nH]c3cccnc32)cc1. The van der Waals surface area contributed by atoms with Crippen molar-refractivity contribution in [2.75, 3.05) is 7.11 Å². The van der Waals surface area contributed by atoms with E-state index in [1.807, 2.05) is 0 Å². The van der Waals surface area contributed by atoms with E-state index in [0.717, 1.165) is 0 Å². The summed E-state index contributed by atoms with van der Waals surface area (Å²) in [4.78, 5) is 30.5. The Balaban J connectivity index is 2.36. The van der Waals surface area contributed by atoms with Crippen LogP contribution >= 0.6 is 0 Å². The molecule has 0 aliphatic carbocycles. The van der Waals surface area contributed by atoms with Gasteiger partial charge in [0.2, 0.25) is 0 Å². The minimum absolute atomic E-state index is 0.405. The maximum atomic E-state index is 12.1. The van der Waals surface area contributed by atoms with E-state index in [2.05, 4.69) is 9.97 Å². The molecule has 1 N–H and O–H groups in total. The van der Waals surface area contributed by atoms with Crippen molar-refractivity contribution in [1.29, 1.82) is 0 Å². The summed E-state index contributed by atoms with van der Waals surface area (Å²) < 4.78 is 6.36. The molecule has 0 aliphatic heterocycles. The molecule has 0 atom stereocenters. The van der Waals surface area contributed by atoms with E-state index in [9.17, 15) is 9.59 Å². The van der Waals surface area contributed by atoms with Crippen molar-refractivity contribution in [2.45, 2.75) is 0 Å². The summed E-state index contributed by atoms with van der Waals surface area (Å²) in [5.41, 5.74) is 0.128. The highest BCUT2D eigenvalue weighted by Crippen LogP contribution is 2.15. The molecule has 0 spiro atoms. The average molecular weight is 269 g/mol. The molecular formula is C14H11N3O3. The molecule has 0 radical (unpaired) electrons. The number of H-pyrrole nitrogens is 1. The number of rotatable bonds is 2. The number of hydrogen-bond donors (Lipinski definition) is 1. The number of methoxy groups -OCH3 is 1. The molecule has 0 unspecified atom stereocenters. The molecule has 3 aromatic rings. The van der Waals surface area contributed by atoms with E-state index in [4.69, 9.17) is 4.74 Å². The molecule has 6 nitrogen and oxygen atoms in total. The van der Waals surface area contributed by atoms with E-state index < -0.39 is 11.1 Å². The molecule has 6 heteroatoms. The van der Waals surface area contributed by atoms with E-state index in [0.29, 0.717) is 22.6 Å². The predicted octanol–water partition coefficient (Wildman–Crippen LogP) is 1.08. The summed E-state index contributed by atoms with van der Waals surface area (Å²) in [6.07, 6.45) is 1.57.